The topological polar surface area (TPSA) is 110 Å². The summed E-state index contributed by atoms with van der Waals surface area (Å²) in [6.07, 6.45) is 0. The smallest absolute Gasteiger partial charge is 0.273 e. The van der Waals surface area contributed by atoms with Crippen LogP contribution < -0.4 is 4.72 Å². The highest BCUT2D eigenvalue weighted by Gasteiger charge is 2.26. The third-order valence-electron chi connectivity index (χ3n) is 3.05. The van der Waals surface area contributed by atoms with E-state index in [0.717, 1.165) is 0 Å². The fraction of sp³-hybridized carbons (Fsp3) is 0.500. The maximum absolute atomic E-state index is 12.3. The number of nitrogens with zero attached hydrogens (tertiary/aromatic N) is 1. The second-order valence-electron chi connectivity index (χ2n) is 4.81. The molecule has 0 fully saturated rings. The molecule has 1 atom stereocenters. The van der Waals surface area contributed by atoms with E-state index in [9.17, 15) is 23.6 Å². The lowest BCUT2D eigenvalue weighted by Crippen LogP contribution is -2.41. The standard InChI is InChI=1S/C12H18N2O5S/c1-8(2)10(7-15)13-20(18,19)12-6-4-5-11(9(12)3)14(16)17/h4-6,8,10,13,15H,7H2,1-3H3/t10-/m1/s1. The Hall–Kier alpha value is -1.51. The Labute approximate surface area is 117 Å². The molecule has 2 N–H and O–H groups in total. The minimum absolute atomic E-state index is 0.0745. The van der Waals surface area contributed by atoms with Crippen LogP contribution in [0.15, 0.2) is 23.1 Å². The molecule has 0 aromatic heterocycles. The molecular weight excluding hydrogens is 284 g/mol. The molecule has 0 saturated carbocycles. The van der Waals surface area contributed by atoms with Gasteiger partial charge in [0.2, 0.25) is 10.0 Å². The molecule has 20 heavy (non-hydrogen) atoms. The van der Waals surface area contributed by atoms with Gasteiger partial charge in [0, 0.05) is 17.7 Å². The molecule has 0 bridgehead atoms. The Balaban J connectivity index is 3.23. The average molecular weight is 302 g/mol. The van der Waals surface area contributed by atoms with Crippen LogP contribution in [0.2, 0.25) is 0 Å². The quantitative estimate of drug-likeness (QED) is 0.606. The summed E-state index contributed by atoms with van der Waals surface area (Å²) in [5.41, 5.74) is -0.177. The number of hydrogen-bond donors (Lipinski definition) is 2. The molecule has 0 aliphatic carbocycles. The molecule has 1 aromatic carbocycles. The second-order valence-corrected chi connectivity index (χ2v) is 6.49. The maximum atomic E-state index is 12.3. The van der Waals surface area contributed by atoms with E-state index < -0.39 is 21.0 Å². The van der Waals surface area contributed by atoms with Crippen LogP contribution in [-0.4, -0.2) is 31.1 Å². The third kappa shape index (κ3) is 3.53. The van der Waals surface area contributed by atoms with Crippen LogP contribution >= 0.6 is 0 Å². The van der Waals surface area contributed by atoms with Crippen molar-refractivity contribution in [2.24, 2.45) is 5.92 Å². The summed E-state index contributed by atoms with van der Waals surface area (Å²) in [5.74, 6) is -0.103. The Morgan fingerprint density at radius 2 is 2.00 bits per heavy atom. The lowest BCUT2D eigenvalue weighted by atomic mass is 10.1. The van der Waals surface area contributed by atoms with Crippen LogP contribution in [0.5, 0.6) is 0 Å². The van der Waals surface area contributed by atoms with Gasteiger partial charge < -0.3 is 5.11 Å². The second kappa shape index (κ2) is 6.29. The molecule has 0 spiro atoms. The molecule has 0 radical (unpaired) electrons. The molecule has 1 aromatic rings. The van der Waals surface area contributed by atoms with Gasteiger partial charge in [-0.15, -0.1) is 0 Å². The maximum Gasteiger partial charge on any atom is 0.273 e. The van der Waals surface area contributed by atoms with Crippen molar-refractivity contribution in [1.29, 1.82) is 0 Å². The molecule has 112 valence electrons. The van der Waals surface area contributed by atoms with Gasteiger partial charge in [-0.25, -0.2) is 13.1 Å². The predicted octanol–water partition coefficient (Wildman–Crippen LogP) is 1.20. The van der Waals surface area contributed by atoms with Crippen molar-refractivity contribution in [1.82, 2.24) is 4.72 Å². The zero-order chi connectivity index (χ0) is 15.5. The summed E-state index contributed by atoms with van der Waals surface area (Å²) in [6.45, 7) is 4.58. The van der Waals surface area contributed by atoms with E-state index in [0.29, 0.717) is 0 Å². The first-order valence-corrected chi connectivity index (χ1v) is 7.56. The summed E-state index contributed by atoms with van der Waals surface area (Å²) in [5, 5.41) is 20.0. The first-order chi connectivity index (χ1) is 9.20. The number of sulfonamides is 1. The largest absolute Gasteiger partial charge is 0.395 e. The van der Waals surface area contributed by atoms with Gasteiger partial charge in [0.25, 0.3) is 5.69 Å². The predicted molar refractivity (Wildman–Crippen MR) is 73.9 cm³/mol. The average Bonchev–Trinajstić information content (AvgIpc) is 2.35. The first-order valence-electron chi connectivity index (χ1n) is 6.08. The van der Waals surface area contributed by atoms with E-state index >= 15 is 0 Å². The Bertz CT molecular complexity index is 598. The van der Waals surface area contributed by atoms with Crippen LogP contribution in [0.4, 0.5) is 5.69 Å². The number of rotatable bonds is 6. The van der Waals surface area contributed by atoms with Gasteiger partial charge >= 0.3 is 0 Å². The Morgan fingerprint density at radius 1 is 1.40 bits per heavy atom. The van der Waals surface area contributed by atoms with Gasteiger partial charge in [0.15, 0.2) is 0 Å². The monoisotopic (exact) mass is 302 g/mol. The Morgan fingerprint density at radius 3 is 2.45 bits per heavy atom. The van der Waals surface area contributed by atoms with Crippen molar-refractivity contribution in [3.8, 4) is 0 Å². The van der Waals surface area contributed by atoms with Crippen LogP contribution in [-0.2, 0) is 10.0 Å². The third-order valence-corrected chi connectivity index (χ3v) is 4.68. The molecule has 0 saturated heterocycles. The summed E-state index contributed by atoms with van der Waals surface area (Å²) < 4.78 is 26.9. The van der Waals surface area contributed by atoms with Gasteiger partial charge in [0.05, 0.1) is 16.4 Å². The number of nitro groups is 1. The van der Waals surface area contributed by atoms with Crippen molar-refractivity contribution < 1.29 is 18.4 Å². The zero-order valence-electron chi connectivity index (χ0n) is 11.5. The number of nitrogens with one attached hydrogen (secondary N) is 1. The van der Waals surface area contributed by atoms with Gasteiger partial charge in [-0.05, 0) is 18.9 Å². The van der Waals surface area contributed by atoms with E-state index in [1.54, 1.807) is 13.8 Å². The number of nitro benzene ring substituents is 1. The first kappa shape index (κ1) is 16.5. The SMILES string of the molecule is Cc1c([N+](=O)[O-])cccc1S(=O)(=O)N[C@H](CO)C(C)C. The van der Waals surface area contributed by atoms with Gasteiger partial charge in [-0.2, -0.15) is 0 Å². The molecule has 0 aliphatic rings. The molecule has 0 unspecified atom stereocenters. The van der Waals surface area contributed by atoms with Crippen molar-refractivity contribution in [2.75, 3.05) is 6.61 Å². The fourth-order valence-corrected chi connectivity index (χ4v) is 3.38. The summed E-state index contributed by atoms with van der Waals surface area (Å²) in [6, 6.07) is 3.24. The fourth-order valence-electron chi connectivity index (χ4n) is 1.74. The summed E-state index contributed by atoms with van der Waals surface area (Å²) in [4.78, 5) is 10.1. The van der Waals surface area contributed by atoms with E-state index in [2.05, 4.69) is 4.72 Å². The molecule has 8 heteroatoms. The van der Waals surface area contributed by atoms with Crippen molar-refractivity contribution in [2.45, 2.75) is 31.7 Å². The van der Waals surface area contributed by atoms with Crippen molar-refractivity contribution >= 4 is 15.7 Å². The molecular formula is C12H18N2O5S. The molecule has 7 nitrogen and oxygen atoms in total. The van der Waals surface area contributed by atoms with Crippen molar-refractivity contribution in [3.63, 3.8) is 0 Å². The normalized spacial score (nSPS) is 13.4. The zero-order valence-corrected chi connectivity index (χ0v) is 12.3. The van der Waals surface area contributed by atoms with E-state index in [4.69, 9.17) is 0 Å². The minimum atomic E-state index is -3.92. The van der Waals surface area contributed by atoms with Crippen LogP contribution in [0.3, 0.4) is 0 Å². The van der Waals surface area contributed by atoms with E-state index in [-0.39, 0.29) is 28.7 Å². The molecule has 0 amide bonds. The number of benzene rings is 1. The number of aliphatic hydroxyl groups is 1. The van der Waals surface area contributed by atoms with Gasteiger partial charge in [0.1, 0.15) is 0 Å². The lowest BCUT2D eigenvalue weighted by molar-refractivity contribution is -0.385. The lowest BCUT2D eigenvalue weighted by Gasteiger charge is -2.20. The number of hydrogen-bond acceptors (Lipinski definition) is 5. The van der Waals surface area contributed by atoms with Crippen LogP contribution in [0, 0.1) is 23.0 Å². The molecule has 0 heterocycles. The Kier molecular flexibility index (Phi) is 5.21. The highest BCUT2D eigenvalue weighted by atomic mass is 32.2. The summed E-state index contributed by atoms with van der Waals surface area (Å²) >= 11 is 0. The van der Waals surface area contributed by atoms with E-state index in [1.807, 2.05) is 0 Å². The summed E-state index contributed by atoms with van der Waals surface area (Å²) in [7, 11) is -3.92. The molecule has 1 rings (SSSR count). The van der Waals surface area contributed by atoms with Crippen molar-refractivity contribution in [3.05, 3.63) is 33.9 Å². The van der Waals surface area contributed by atoms with Gasteiger partial charge in [-0.3, -0.25) is 10.1 Å². The van der Waals surface area contributed by atoms with Crippen LogP contribution in [0.25, 0.3) is 0 Å². The number of aliphatic hydroxyl groups excluding tert-OH is 1. The highest BCUT2D eigenvalue weighted by Crippen LogP contribution is 2.25. The van der Waals surface area contributed by atoms with Gasteiger partial charge in [-0.1, -0.05) is 19.9 Å². The minimum Gasteiger partial charge on any atom is -0.395 e. The van der Waals surface area contributed by atoms with E-state index in [1.165, 1.54) is 25.1 Å². The highest BCUT2D eigenvalue weighted by molar-refractivity contribution is 7.89. The molecule has 0 aliphatic heterocycles. The van der Waals surface area contributed by atoms with Crippen LogP contribution in [0.1, 0.15) is 19.4 Å².